The molecule has 1 aromatic carbocycles. The molecule has 1 aromatic heterocycles. The summed E-state index contributed by atoms with van der Waals surface area (Å²) in [7, 11) is 0. The molecule has 0 aliphatic rings. The Labute approximate surface area is 96.9 Å². The Balaban J connectivity index is 2.44. The Kier molecular flexibility index (Phi) is 2.90. The lowest BCUT2D eigenvalue weighted by molar-refractivity contribution is 1.28. The fourth-order valence-electron chi connectivity index (χ4n) is 1.33. The van der Waals surface area contributed by atoms with Gasteiger partial charge < -0.3 is 0 Å². The Morgan fingerprint density at radius 3 is 2.53 bits per heavy atom. The van der Waals surface area contributed by atoms with Gasteiger partial charge in [0.2, 0.25) is 0 Å². The van der Waals surface area contributed by atoms with Crippen LogP contribution in [0, 0.1) is 6.92 Å². The van der Waals surface area contributed by atoms with Gasteiger partial charge in [-0.2, -0.15) is 0 Å². The van der Waals surface area contributed by atoms with Gasteiger partial charge in [-0.3, -0.25) is 5.43 Å². The standard InChI is InChI=1S/C10H10ClN3S/c1-6-9(13-10(14-12)15-6)7-2-4-8(11)5-3-7/h2-5H,12H2,1H3,(H,13,14). The summed E-state index contributed by atoms with van der Waals surface area (Å²) in [5.41, 5.74) is 4.55. The van der Waals surface area contributed by atoms with E-state index in [9.17, 15) is 0 Å². The molecule has 0 aliphatic heterocycles. The number of hydrogen-bond acceptors (Lipinski definition) is 4. The molecular formula is C10H10ClN3S. The lowest BCUT2D eigenvalue weighted by Crippen LogP contribution is -2.05. The van der Waals surface area contributed by atoms with Crippen molar-refractivity contribution in [3.05, 3.63) is 34.2 Å². The molecule has 0 bridgehead atoms. The summed E-state index contributed by atoms with van der Waals surface area (Å²) in [5.74, 6) is 5.31. The highest BCUT2D eigenvalue weighted by molar-refractivity contribution is 7.15. The molecule has 3 nitrogen and oxygen atoms in total. The molecule has 5 heteroatoms. The van der Waals surface area contributed by atoms with Gasteiger partial charge in [-0.25, -0.2) is 10.8 Å². The number of nitrogens with two attached hydrogens (primary N) is 1. The SMILES string of the molecule is Cc1sc(NN)nc1-c1ccc(Cl)cc1. The normalized spacial score (nSPS) is 10.3. The monoisotopic (exact) mass is 239 g/mol. The molecule has 0 unspecified atom stereocenters. The van der Waals surface area contributed by atoms with Crippen LogP contribution >= 0.6 is 22.9 Å². The van der Waals surface area contributed by atoms with Crippen molar-refractivity contribution in [1.29, 1.82) is 0 Å². The van der Waals surface area contributed by atoms with E-state index in [2.05, 4.69) is 10.4 Å². The van der Waals surface area contributed by atoms with Gasteiger partial charge in [0.25, 0.3) is 0 Å². The van der Waals surface area contributed by atoms with Crippen LogP contribution in [0.2, 0.25) is 5.02 Å². The summed E-state index contributed by atoms with van der Waals surface area (Å²) in [6, 6.07) is 7.60. The second kappa shape index (κ2) is 4.18. The fraction of sp³-hybridized carbons (Fsp3) is 0.100. The quantitative estimate of drug-likeness (QED) is 0.626. The maximum Gasteiger partial charge on any atom is 0.197 e. The zero-order chi connectivity index (χ0) is 10.8. The Morgan fingerprint density at radius 1 is 1.33 bits per heavy atom. The molecule has 3 N–H and O–H groups in total. The summed E-state index contributed by atoms with van der Waals surface area (Å²) in [6.07, 6.45) is 0. The zero-order valence-corrected chi connectivity index (χ0v) is 9.69. The molecule has 0 amide bonds. The van der Waals surface area contributed by atoms with Gasteiger partial charge in [0.1, 0.15) is 0 Å². The third-order valence-corrected chi connectivity index (χ3v) is 3.19. The largest absolute Gasteiger partial charge is 0.300 e. The number of hydrazine groups is 1. The molecule has 0 saturated carbocycles. The fourth-order valence-corrected chi connectivity index (χ4v) is 2.21. The minimum absolute atomic E-state index is 0.720. The number of aryl methyl sites for hydroxylation is 1. The molecule has 2 rings (SSSR count). The first-order valence-corrected chi connectivity index (χ1v) is 5.60. The minimum Gasteiger partial charge on any atom is -0.300 e. The summed E-state index contributed by atoms with van der Waals surface area (Å²) in [4.78, 5) is 5.50. The van der Waals surface area contributed by atoms with E-state index in [-0.39, 0.29) is 0 Å². The first kappa shape index (κ1) is 10.4. The molecule has 2 aromatic rings. The molecule has 1 heterocycles. The number of nitrogen functional groups attached to an aromatic ring is 1. The van der Waals surface area contributed by atoms with Crippen molar-refractivity contribution in [2.24, 2.45) is 5.84 Å². The van der Waals surface area contributed by atoms with Gasteiger partial charge >= 0.3 is 0 Å². The molecule has 15 heavy (non-hydrogen) atoms. The van der Waals surface area contributed by atoms with Crippen molar-refractivity contribution in [2.75, 3.05) is 5.43 Å². The van der Waals surface area contributed by atoms with E-state index in [1.165, 1.54) is 11.3 Å². The molecule has 0 spiro atoms. The maximum absolute atomic E-state index is 5.82. The highest BCUT2D eigenvalue weighted by Crippen LogP contribution is 2.30. The lowest BCUT2D eigenvalue weighted by Gasteiger charge is -1.98. The highest BCUT2D eigenvalue weighted by Gasteiger charge is 2.08. The van der Waals surface area contributed by atoms with Crippen molar-refractivity contribution in [1.82, 2.24) is 4.98 Å². The average Bonchev–Trinajstić information content (AvgIpc) is 2.61. The van der Waals surface area contributed by atoms with E-state index in [0.29, 0.717) is 0 Å². The van der Waals surface area contributed by atoms with Crippen LogP contribution in [-0.2, 0) is 0 Å². The molecule has 0 fully saturated rings. The molecule has 0 atom stereocenters. The van der Waals surface area contributed by atoms with Crippen LogP contribution < -0.4 is 11.3 Å². The number of benzene rings is 1. The molecule has 78 valence electrons. The van der Waals surface area contributed by atoms with Crippen molar-refractivity contribution in [2.45, 2.75) is 6.92 Å². The van der Waals surface area contributed by atoms with Crippen LogP contribution in [0.1, 0.15) is 4.88 Å². The number of rotatable bonds is 2. The van der Waals surface area contributed by atoms with Crippen molar-refractivity contribution in [3.63, 3.8) is 0 Å². The zero-order valence-electron chi connectivity index (χ0n) is 8.12. The van der Waals surface area contributed by atoms with Crippen LogP contribution in [0.5, 0.6) is 0 Å². The van der Waals surface area contributed by atoms with Crippen LogP contribution in [0.3, 0.4) is 0 Å². The van der Waals surface area contributed by atoms with Crippen LogP contribution in [0.4, 0.5) is 5.13 Å². The first-order chi connectivity index (χ1) is 7.20. The van der Waals surface area contributed by atoms with Crippen molar-refractivity contribution < 1.29 is 0 Å². The van der Waals surface area contributed by atoms with Crippen molar-refractivity contribution >= 4 is 28.1 Å². The van der Waals surface area contributed by atoms with Crippen LogP contribution in [0.15, 0.2) is 24.3 Å². The second-order valence-electron chi connectivity index (χ2n) is 3.08. The van der Waals surface area contributed by atoms with E-state index in [1.54, 1.807) is 0 Å². The number of aromatic nitrogens is 1. The molecule has 0 radical (unpaired) electrons. The van der Waals surface area contributed by atoms with Crippen molar-refractivity contribution in [3.8, 4) is 11.3 Å². The van der Waals surface area contributed by atoms with Gasteiger partial charge in [0.15, 0.2) is 5.13 Å². The smallest absolute Gasteiger partial charge is 0.197 e. The third-order valence-electron chi connectivity index (χ3n) is 2.04. The summed E-state index contributed by atoms with van der Waals surface area (Å²) >= 11 is 7.35. The first-order valence-electron chi connectivity index (χ1n) is 4.40. The maximum atomic E-state index is 5.82. The Bertz CT molecular complexity index is 464. The summed E-state index contributed by atoms with van der Waals surface area (Å²) in [6.45, 7) is 2.02. The number of anilines is 1. The predicted octanol–water partition coefficient (Wildman–Crippen LogP) is 3.06. The summed E-state index contributed by atoms with van der Waals surface area (Å²) in [5, 5.41) is 1.45. The highest BCUT2D eigenvalue weighted by atomic mass is 35.5. The van der Waals surface area contributed by atoms with E-state index in [4.69, 9.17) is 17.4 Å². The number of halogens is 1. The minimum atomic E-state index is 0.720. The Morgan fingerprint density at radius 2 is 2.00 bits per heavy atom. The van der Waals surface area contributed by atoms with Gasteiger partial charge in [0.05, 0.1) is 5.69 Å². The van der Waals surface area contributed by atoms with Crippen LogP contribution in [-0.4, -0.2) is 4.98 Å². The van der Waals surface area contributed by atoms with Gasteiger partial charge in [0, 0.05) is 15.5 Å². The van der Waals surface area contributed by atoms with E-state index >= 15 is 0 Å². The molecular weight excluding hydrogens is 230 g/mol. The molecule has 0 saturated heterocycles. The van der Waals surface area contributed by atoms with Gasteiger partial charge in [-0.15, -0.1) is 11.3 Å². The number of nitrogens with zero attached hydrogens (tertiary/aromatic N) is 1. The molecule has 0 aliphatic carbocycles. The van der Waals surface area contributed by atoms with Crippen LogP contribution in [0.25, 0.3) is 11.3 Å². The number of thiazole rings is 1. The van der Waals surface area contributed by atoms with Gasteiger partial charge in [-0.1, -0.05) is 23.7 Å². The summed E-state index contributed by atoms with van der Waals surface area (Å²) < 4.78 is 0. The number of nitrogens with one attached hydrogen (secondary N) is 1. The average molecular weight is 240 g/mol. The van der Waals surface area contributed by atoms with E-state index < -0.39 is 0 Å². The Hall–Kier alpha value is -1.10. The third kappa shape index (κ3) is 2.12. The van der Waals surface area contributed by atoms with E-state index in [1.807, 2.05) is 31.2 Å². The predicted molar refractivity (Wildman–Crippen MR) is 65.1 cm³/mol. The van der Waals surface area contributed by atoms with E-state index in [0.717, 1.165) is 26.3 Å². The lowest BCUT2D eigenvalue weighted by atomic mass is 10.1. The van der Waals surface area contributed by atoms with Gasteiger partial charge in [-0.05, 0) is 19.1 Å². The topological polar surface area (TPSA) is 50.9 Å². The number of hydrogen-bond donors (Lipinski definition) is 2. The second-order valence-corrected chi connectivity index (χ2v) is 4.71.